The molecule has 0 aliphatic carbocycles. The van der Waals surface area contributed by atoms with Crippen molar-refractivity contribution in [2.45, 2.75) is 207 Å². The van der Waals surface area contributed by atoms with E-state index in [1.54, 1.807) is 92.8 Å². The number of carbonyl (C=O) groups excluding carboxylic acids is 2. The van der Waals surface area contributed by atoms with Gasteiger partial charge < -0.3 is 106 Å². The minimum absolute atomic E-state index is 0.154. The van der Waals surface area contributed by atoms with E-state index in [2.05, 4.69) is 5.32 Å². The van der Waals surface area contributed by atoms with Gasteiger partial charge in [-0.25, -0.2) is 0 Å². The van der Waals surface area contributed by atoms with Crippen molar-refractivity contribution >= 4 is 11.9 Å². The van der Waals surface area contributed by atoms with Crippen LogP contribution in [0.4, 0.5) is 0 Å². The van der Waals surface area contributed by atoms with Crippen molar-refractivity contribution in [2.75, 3.05) is 6.61 Å². The van der Waals surface area contributed by atoms with Crippen LogP contribution < -0.4 is 11.1 Å². The standard InChI is InChI=1S/C53H84N2O21/c1-28-17-15-13-11-9-7-5-6-8-10-12-14-16-18-35(74-52-48(67)43(54)46(65)31(4)73-52)24-39-42(50(69)55-44-49(68)47(66)40(27-56)75-51(44)70)38(62)26-53(71,76-39)25-34(59)22-37(61)36(60)20-19-32(57)21-33(58)23-41(63)72-30(3)29(2)45(28)64/h5-18,28-40,42-49,51-52,56-62,64-68,70-71H,19-27,54H2,1-4H3,(H,55,69)/b6-5+,9-7+,10-8+,13-11+,14-12+,17-15+,18-16+/t28-,29?,30-,31+,32+,33+,34-,35-,36+,37+,38-,39?,40+,42?,43-,44+,45+,46+,47+,48-,49+,51?,52-,53+/m0/s1. The average molecular weight is 1090 g/mol. The van der Waals surface area contributed by atoms with Crippen LogP contribution in [-0.4, -0.2) is 218 Å². The van der Waals surface area contributed by atoms with Crippen LogP contribution in [0.1, 0.15) is 79.1 Å². The number of hydrogen-bond donors (Lipinski definition) is 16. The highest BCUT2D eigenvalue weighted by molar-refractivity contribution is 5.80. The summed E-state index contributed by atoms with van der Waals surface area (Å²) in [6, 6.07) is -2.93. The van der Waals surface area contributed by atoms with E-state index in [9.17, 15) is 81.1 Å². The van der Waals surface area contributed by atoms with Crippen molar-refractivity contribution < 1.29 is 105 Å². The molecule has 0 aromatic carbocycles. The number of aliphatic hydroxyl groups excluding tert-OH is 13. The highest BCUT2D eigenvalue weighted by atomic mass is 16.7. The zero-order valence-corrected chi connectivity index (χ0v) is 43.4. The fourth-order valence-corrected chi connectivity index (χ4v) is 9.50. The molecule has 1 amide bonds. The Labute approximate surface area is 443 Å². The van der Waals surface area contributed by atoms with Crippen LogP contribution in [0.15, 0.2) is 85.1 Å². The minimum atomic E-state index is -2.46. The third-order valence-electron chi connectivity index (χ3n) is 14.2. The summed E-state index contributed by atoms with van der Waals surface area (Å²) in [6.45, 7) is 5.88. The van der Waals surface area contributed by atoms with E-state index in [0.29, 0.717) is 0 Å². The molecule has 3 saturated heterocycles. The van der Waals surface area contributed by atoms with Gasteiger partial charge in [0.05, 0.1) is 92.1 Å². The van der Waals surface area contributed by atoms with E-state index in [1.165, 1.54) is 13.0 Å². The molecule has 17 N–H and O–H groups in total. The number of nitrogens with one attached hydrogen (secondary N) is 1. The van der Waals surface area contributed by atoms with E-state index in [-0.39, 0.29) is 25.2 Å². The van der Waals surface area contributed by atoms with Gasteiger partial charge in [0.25, 0.3) is 0 Å². The maximum Gasteiger partial charge on any atom is 0.308 e. The number of cyclic esters (lactones) is 1. The maximum atomic E-state index is 14.2. The molecule has 0 radical (unpaired) electrons. The van der Waals surface area contributed by atoms with Crippen molar-refractivity contribution in [3.63, 3.8) is 0 Å². The Bertz CT molecular complexity index is 1990. The second kappa shape index (κ2) is 31.2. The zero-order valence-electron chi connectivity index (χ0n) is 43.4. The second-order valence-electron chi connectivity index (χ2n) is 20.5. The first-order valence-corrected chi connectivity index (χ1v) is 25.9. The zero-order chi connectivity index (χ0) is 56.4. The molecule has 76 heavy (non-hydrogen) atoms. The molecule has 24 atom stereocenters. The summed E-state index contributed by atoms with van der Waals surface area (Å²) >= 11 is 0. The van der Waals surface area contributed by atoms with Crippen molar-refractivity contribution in [3.8, 4) is 0 Å². The van der Waals surface area contributed by atoms with Crippen molar-refractivity contribution in [3.05, 3.63) is 85.1 Å². The number of allylic oxidation sites excluding steroid dienone is 12. The molecule has 4 aliphatic rings. The van der Waals surface area contributed by atoms with E-state index in [4.69, 9.17) is 29.4 Å². The highest BCUT2D eigenvalue weighted by Crippen LogP contribution is 2.39. The van der Waals surface area contributed by atoms with Crippen LogP contribution in [0.2, 0.25) is 0 Å². The Morgan fingerprint density at radius 2 is 1.25 bits per heavy atom. The van der Waals surface area contributed by atoms with Gasteiger partial charge in [-0.05, 0) is 33.1 Å². The molecule has 0 spiro atoms. The van der Waals surface area contributed by atoms with Crippen LogP contribution in [0.25, 0.3) is 0 Å². The molecule has 0 aromatic heterocycles. The predicted molar refractivity (Wildman–Crippen MR) is 271 cm³/mol. The molecule has 0 aromatic rings. The van der Waals surface area contributed by atoms with Gasteiger partial charge in [-0.15, -0.1) is 0 Å². The van der Waals surface area contributed by atoms with E-state index >= 15 is 0 Å². The van der Waals surface area contributed by atoms with Crippen LogP contribution in [0.5, 0.6) is 0 Å². The number of rotatable bonds is 5. The van der Waals surface area contributed by atoms with Crippen LogP contribution in [-0.2, 0) is 33.3 Å². The topological polar surface area (TPSA) is 402 Å². The summed E-state index contributed by atoms with van der Waals surface area (Å²) in [5.41, 5.74) is 6.10. The van der Waals surface area contributed by atoms with Crippen molar-refractivity contribution in [2.24, 2.45) is 23.5 Å². The SMILES string of the molecule is CC1[C@H](C)OC(=O)C[C@H](O)C[C@H](O)CC[C@@H](O)[C@H](O)C[C@H](O)C[C@]2(O)C[C@H](O)C(C(=O)N[C@H]3C(O)O[C@H](CO)[C@@H](O)[C@@H]3O)C(C[C@@H](O[C@@H]3O[C@H](C)[C@@H](O)[C@H](N)[C@@H]3O)/C=C/C=C/C=C/C=C/C=C/C=C/C=C/[C@H](C)[C@H]1O)O2. The number of aliphatic hydroxyl groups is 14. The van der Waals surface area contributed by atoms with E-state index in [0.717, 1.165) is 0 Å². The lowest BCUT2D eigenvalue weighted by atomic mass is 9.81. The summed E-state index contributed by atoms with van der Waals surface area (Å²) in [5, 5.41) is 154. The van der Waals surface area contributed by atoms with E-state index < -0.39 is 191 Å². The lowest BCUT2D eigenvalue weighted by molar-refractivity contribution is -0.307. The monoisotopic (exact) mass is 1080 g/mol. The molecule has 0 saturated carbocycles. The third kappa shape index (κ3) is 19.6. The van der Waals surface area contributed by atoms with Gasteiger partial charge in [-0.1, -0.05) is 98.9 Å². The Balaban J connectivity index is 1.65. The molecule has 4 heterocycles. The molecule has 3 fully saturated rings. The molecule has 23 heteroatoms. The smallest absolute Gasteiger partial charge is 0.308 e. The molecular formula is C53H84N2O21. The van der Waals surface area contributed by atoms with E-state index in [1.807, 2.05) is 6.92 Å². The van der Waals surface area contributed by atoms with Crippen LogP contribution in [0, 0.1) is 17.8 Å². The Hall–Kier alpha value is -3.64. The lowest BCUT2D eigenvalue weighted by Crippen LogP contribution is -2.66. The van der Waals surface area contributed by atoms with Gasteiger partial charge >= 0.3 is 5.97 Å². The van der Waals surface area contributed by atoms with Crippen LogP contribution >= 0.6 is 0 Å². The molecule has 4 rings (SSSR count). The summed E-state index contributed by atoms with van der Waals surface area (Å²) in [6.07, 6.45) is -5.57. The number of ether oxygens (including phenoxy) is 5. The molecule has 23 nitrogen and oxygen atoms in total. The summed E-state index contributed by atoms with van der Waals surface area (Å²) < 4.78 is 28.8. The minimum Gasteiger partial charge on any atom is -0.462 e. The first kappa shape index (κ1) is 64.9. The quantitative estimate of drug-likeness (QED) is 0.127. The Morgan fingerprint density at radius 3 is 1.86 bits per heavy atom. The van der Waals surface area contributed by atoms with Gasteiger partial charge in [0.15, 0.2) is 18.4 Å². The number of hydrogen-bond acceptors (Lipinski definition) is 22. The van der Waals surface area contributed by atoms with Crippen molar-refractivity contribution in [1.29, 1.82) is 0 Å². The van der Waals surface area contributed by atoms with Gasteiger partial charge in [-0.2, -0.15) is 0 Å². The molecular weight excluding hydrogens is 1000 g/mol. The lowest BCUT2D eigenvalue weighted by Gasteiger charge is -2.47. The average Bonchev–Trinajstić information content (AvgIpc) is 3.34. The van der Waals surface area contributed by atoms with Gasteiger partial charge in [0.1, 0.15) is 36.6 Å². The summed E-state index contributed by atoms with van der Waals surface area (Å²) in [4.78, 5) is 26.9. The third-order valence-corrected chi connectivity index (χ3v) is 14.2. The Morgan fingerprint density at radius 1 is 0.658 bits per heavy atom. The van der Waals surface area contributed by atoms with Gasteiger partial charge in [0, 0.05) is 37.5 Å². The number of esters is 1. The van der Waals surface area contributed by atoms with Crippen LogP contribution in [0.3, 0.4) is 0 Å². The molecule has 2 bridgehead atoms. The summed E-state index contributed by atoms with van der Waals surface area (Å²) in [7, 11) is 0. The first-order chi connectivity index (χ1) is 35.9. The Kier molecular flexibility index (Phi) is 26.7. The highest BCUT2D eigenvalue weighted by Gasteiger charge is 2.53. The summed E-state index contributed by atoms with van der Waals surface area (Å²) in [5.74, 6) is -6.76. The van der Waals surface area contributed by atoms with Crippen molar-refractivity contribution in [1.82, 2.24) is 5.32 Å². The number of nitrogens with two attached hydrogens (primary N) is 1. The predicted octanol–water partition coefficient (Wildman–Crippen LogP) is -2.46. The fourth-order valence-electron chi connectivity index (χ4n) is 9.50. The number of carbonyl (C=O) groups is 2. The maximum absolute atomic E-state index is 14.2. The number of amides is 1. The molecule has 4 unspecified atom stereocenters. The largest absolute Gasteiger partial charge is 0.462 e. The fraction of sp³-hybridized carbons (Fsp3) is 0.698. The second-order valence-corrected chi connectivity index (χ2v) is 20.5. The van der Waals surface area contributed by atoms with Gasteiger partial charge in [0.2, 0.25) is 5.91 Å². The first-order valence-electron chi connectivity index (χ1n) is 25.9. The molecule has 4 aliphatic heterocycles. The molecule has 432 valence electrons. The normalized spacial score (nSPS) is 46.7. The van der Waals surface area contributed by atoms with Gasteiger partial charge in [-0.3, -0.25) is 9.59 Å². The number of fused-ring (bicyclic) bond motifs is 2.